The molecule has 1 atom stereocenters. The summed E-state index contributed by atoms with van der Waals surface area (Å²) < 4.78 is 0. The Hall–Kier alpha value is -2.42. The fraction of sp³-hybridized carbons (Fsp3) is 0.263. The van der Waals surface area contributed by atoms with Gasteiger partial charge in [-0.15, -0.1) is 5.10 Å². The van der Waals surface area contributed by atoms with Crippen LogP contribution in [0.5, 0.6) is 0 Å². The van der Waals surface area contributed by atoms with Crippen molar-refractivity contribution >= 4 is 16.6 Å². The molecule has 0 aliphatic carbocycles. The second-order valence-corrected chi connectivity index (χ2v) is 6.00. The van der Waals surface area contributed by atoms with Crippen LogP contribution >= 0.6 is 0 Å². The van der Waals surface area contributed by atoms with E-state index < -0.39 is 0 Å². The van der Waals surface area contributed by atoms with Gasteiger partial charge >= 0.3 is 0 Å². The van der Waals surface area contributed by atoms with Gasteiger partial charge in [-0.25, -0.2) is 0 Å². The van der Waals surface area contributed by atoms with Gasteiger partial charge in [-0.2, -0.15) is 5.10 Å². The predicted octanol–water partition coefficient (Wildman–Crippen LogP) is 4.73. The van der Waals surface area contributed by atoms with E-state index in [1.807, 2.05) is 6.20 Å². The first-order valence-corrected chi connectivity index (χ1v) is 7.60. The maximum absolute atomic E-state index is 4.30. The number of nitrogens with zero attached hydrogens (tertiary/aromatic N) is 2. The maximum Gasteiger partial charge on any atom is 0.157 e. The minimum atomic E-state index is 0.182. The Bertz CT molecular complexity index is 824. The van der Waals surface area contributed by atoms with Crippen LogP contribution in [-0.2, 0) is 0 Å². The SMILES string of the molecule is Cc1cccc([C@@H](C)Nc2nncc3cc(C)c(C)cc23)c1. The molecular formula is C19H21N3. The lowest BCUT2D eigenvalue weighted by atomic mass is 10.0. The minimum absolute atomic E-state index is 0.182. The van der Waals surface area contributed by atoms with E-state index in [0.29, 0.717) is 0 Å². The van der Waals surface area contributed by atoms with Crippen LogP contribution in [0.1, 0.15) is 35.2 Å². The molecule has 0 saturated heterocycles. The second-order valence-electron chi connectivity index (χ2n) is 6.00. The highest BCUT2D eigenvalue weighted by atomic mass is 15.2. The number of fused-ring (bicyclic) bond motifs is 1. The number of aromatic nitrogens is 2. The fourth-order valence-corrected chi connectivity index (χ4v) is 2.69. The van der Waals surface area contributed by atoms with Crippen LogP contribution in [0.15, 0.2) is 42.6 Å². The molecule has 0 unspecified atom stereocenters. The lowest BCUT2D eigenvalue weighted by molar-refractivity contribution is 0.864. The average Bonchev–Trinajstić information content (AvgIpc) is 2.49. The third-order valence-corrected chi connectivity index (χ3v) is 4.17. The molecule has 0 spiro atoms. The molecule has 3 aromatic rings. The predicted molar refractivity (Wildman–Crippen MR) is 92.2 cm³/mol. The molecule has 0 fully saturated rings. The van der Waals surface area contributed by atoms with Crippen molar-refractivity contribution in [3.63, 3.8) is 0 Å². The van der Waals surface area contributed by atoms with Crippen molar-refractivity contribution in [2.24, 2.45) is 0 Å². The van der Waals surface area contributed by atoms with Crippen molar-refractivity contribution in [3.05, 3.63) is 64.8 Å². The summed E-state index contributed by atoms with van der Waals surface area (Å²) in [6, 6.07) is 13.1. The van der Waals surface area contributed by atoms with Gasteiger partial charge in [-0.1, -0.05) is 29.8 Å². The van der Waals surface area contributed by atoms with Crippen LogP contribution < -0.4 is 5.32 Å². The Balaban J connectivity index is 1.98. The van der Waals surface area contributed by atoms with Crippen LogP contribution in [0.4, 0.5) is 5.82 Å². The number of hydrogen-bond donors (Lipinski definition) is 1. The molecule has 1 N–H and O–H groups in total. The highest BCUT2D eigenvalue weighted by molar-refractivity contribution is 5.92. The first-order valence-electron chi connectivity index (χ1n) is 7.60. The monoisotopic (exact) mass is 291 g/mol. The van der Waals surface area contributed by atoms with Gasteiger partial charge in [-0.3, -0.25) is 0 Å². The molecule has 22 heavy (non-hydrogen) atoms. The van der Waals surface area contributed by atoms with Crippen LogP contribution in [0, 0.1) is 20.8 Å². The molecule has 0 aliphatic rings. The molecule has 0 bridgehead atoms. The molecular weight excluding hydrogens is 270 g/mol. The Labute approximate surface area is 131 Å². The number of hydrogen-bond acceptors (Lipinski definition) is 3. The minimum Gasteiger partial charge on any atom is -0.362 e. The zero-order valence-electron chi connectivity index (χ0n) is 13.5. The van der Waals surface area contributed by atoms with Crippen molar-refractivity contribution in [1.82, 2.24) is 10.2 Å². The van der Waals surface area contributed by atoms with Crippen molar-refractivity contribution in [2.45, 2.75) is 33.7 Å². The van der Waals surface area contributed by atoms with Gasteiger partial charge in [0.1, 0.15) is 0 Å². The lowest BCUT2D eigenvalue weighted by Gasteiger charge is -2.17. The smallest absolute Gasteiger partial charge is 0.157 e. The molecule has 0 aliphatic heterocycles. The van der Waals surface area contributed by atoms with E-state index in [1.54, 1.807) is 0 Å². The van der Waals surface area contributed by atoms with E-state index in [0.717, 1.165) is 16.6 Å². The number of anilines is 1. The third kappa shape index (κ3) is 2.80. The standard InChI is InChI=1S/C19H21N3/c1-12-6-5-7-16(8-12)15(4)21-19-18-10-14(3)13(2)9-17(18)11-20-22-19/h5-11,15H,1-4H3,(H,21,22)/t15-/m1/s1. The molecule has 2 aromatic carbocycles. The Morgan fingerprint density at radius 3 is 2.55 bits per heavy atom. The summed E-state index contributed by atoms with van der Waals surface area (Å²) in [4.78, 5) is 0. The Kier molecular flexibility index (Phi) is 3.80. The van der Waals surface area contributed by atoms with Gasteiger partial charge in [0.2, 0.25) is 0 Å². The summed E-state index contributed by atoms with van der Waals surface area (Å²) in [5.41, 5.74) is 5.06. The third-order valence-electron chi connectivity index (χ3n) is 4.17. The zero-order chi connectivity index (χ0) is 15.7. The van der Waals surface area contributed by atoms with Gasteiger partial charge in [0.15, 0.2) is 5.82 Å². The largest absolute Gasteiger partial charge is 0.362 e. The van der Waals surface area contributed by atoms with Crippen molar-refractivity contribution < 1.29 is 0 Å². The number of aryl methyl sites for hydroxylation is 3. The maximum atomic E-state index is 4.30. The molecule has 1 heterocycles. The quantitative estimate of drug-likeness (QED) is 0.758. The molecule has 3 heteroatoms. The van der Waals surface area contributed by atoms with Gasteiger partial charge < -0.3 is 5.32 Å². The fourth-order valence-electron chi connectivity index (χ4n) is 2.69. The van der Waals surface area contributed by atoms with E-state index in [-0.39, 0.29) is 6.04 Å². The van der Waals surface area contributed by atoms with E-state index in [9.17, 15) is 0 Å². The van der Waals surface area contributed by atoms with Crippen molar-refractivity contribution in [3.8, 4) is 0 Å². The van der Waals surface area contributed by atoms with Crippen LogP contribution in [0.2, 0.25) is 0 Å². The normalized spacial score (nSPS) is 12.4. The van der Waals surface area contributed by atoms with E-state index in [2.05, 4.69) is 79.6 Å². The summed E-state index contributed by atoms with van der Waals surface area (Å²) in [6.07, 6.45) is 1.82. The number of nitrogens with one attached hydrogen (secondary N) is 1. The molecule has 0 amide bonds. The van der Waals surface area contributed by atoms with Crippen LogP contribution in [0.3, 0.4) is 0 Å². The molecule has 1 aromatic heterocycles. The second kappa shape index (κ2) is 5.76. The van der Waals surface area contributed by atoms with E-state index in [4.69, 9.17) is 0 Å². The van der Waals surface area contributed by atoms with E-state index in [1.165, 1.54) is 22.3 Å². The lowest BCUT2D eigenvalue weighted by Crippen LogP contribution is -2.09. The van der Waals surface area contributed by atoms with Gasteiger partial charge in [0, 0.05) is 10.8 Å². The first kappa shape index (κ1) is 14.5. The Morgan fingerprint density at radius 1 is 1.00 bits per heavy atom. The van der Waals surface area contributed by atoms with Gasteiger partial charge in [-0.05, 0) is 56.5 Å². The molecule has 0 radical (unpaired) electrons. The van der Waals surface area contributed by atoms with Crippen LogP contribution in [-0.4, -0.2) is 10.2 Å². The summed E-state index contributed by atoms with van der Waals surface area (Å²) in [5, 5.41) is 14.2. The van der Waals surface area contributed by atoms with E-state index >= 15 is 0 Å². The summed E-state index contributed by atoms with van der Waals surface area (Å²) in [6.45, 7) is 8.51. The highest BCUT2D eigenvalue weighted by Crippen LogP contribution is 2.27. The average molecular weight is 291 g/mol. The first-order chi connectivity index (χ1) is 10.5. The molecule has 0 saturated carbocycles. The zero-order valence-corrected chi connectivity index (χ0v) is 13.5. The number of benzene rings is 2. The van der Waals surface area contributed by atoms with Crippen LogP contribution in [0.25, 0.3) is 10.8 Å². The molecule has 112 valence electrons. The molecule has 3 nitrogen and oxygen atoms in total. The topological polar surface area (TPSA) is 37.8 Å². The summed E-state index contributed by atoms with van der Waals surface area (Å²) >= 11 is 0. The van der Waals surface area contributed by atoms with Gasteiger partial charge in [0.05, 0.1) is 12.2 Å². The number of rotatable bonds is 3. The Morgan fingerprint density at radius 2 is 1.77 bits per heavy atom. The van der Waals surface area contributed by atoms with Gasteiger partial charge in [0.25, 0.3) is 0 Å². The summed E-state index contributed by atoms with van der Waals surface area (Å²) in [5.74, 6) is 0.842. The summed E-state index contributed by atoms with van der Waals surface area (Å²) in [7, 11) is 0. The van der Waals surface area contributed by atoms with Crippen molar-refractivity contribution in [2.75, 3.05) is 5.32 Å². The highest BCUT2D eigenvalue weighted by Gasteiger charge is 2.10. The molecule has 3 rings (SSSR count). The van der Waals surface area contributed by atoms with Crippen molar-refractivity contribution in [1.29, 1.82) is 0 Å².